The smallest absolute Gasteiger partial charge is 0.0473 e. The summed E-state index contributed by atoms with van der Waals surface area (Å²) in [4.78, 5) is 0. The number of nitrogens with two attached hydrogens (primary N) is 1. The predicted molar refractivity (Wildman–Crippen MR) is 22.5 cm³/mol. The SMILES string of the molecule is [2H]C([2H])([2H])C([2H])(NN)C([2H])([2H])[2H]. The molecule has 0 aliphatic carbocycles. The summed E-state index contributed by atoms with van der Waals surface area (Å²) in [6.45, 7) is -5.99. The molecule has 0 amide bonds. The Kier molecular flexibility index (Phi) is 0.276. The summed E-state index contributed by atoms with van der Waals surface area (Å²) in [6.07, 6.45) is 0. The van der Waals surface area contributed by atoms with Crippen molar-refractivity contribution in [3.63, 3.8) is 0 Å². The molecule has 0 aliphatic rings. The summed E-state index contributed by atoms with van der Waals surface area (Å²) in [7, 11) is 0. The van der Waals surface area contributed by atoms with Gasteiger partial charge in [0.25, 0.3) is 0 Å². The number of hydrogen-bond donors (Lipinski definition) is 2. The molecule has 0 aromatic heterocycles. The Morgan fingerprint density at radius 1 is 2.20 bits per heavy atom. The van der Waals surface area contributed by atoms with E-state index in [-0.39, 0.29) is 0 Å². The Morgan fingerprint density at radius 3 is 2.80 bits per heavy atom. The third-order valence-corrected chi connectivity index (χ3v) is 0.144. The summed E-state index contributed by atoms with van der Waals surface area (Å²) < 4.78 is 47.8. The van der Waals surface area contributed by atoms with Gasteiger partial charge in [0.15, 0.2) is 0 Å². The van der Waals surface area contributed by atoms with Crippen molar-refractivity contribution in [1.82, 2.24) is 5.43 Å². The average molecular weight is 81.2 g/mol. The fourth-order valence-corrected chi connectivity index (χ4v) is 0. The van der Waals surface area contributed by atoms with E-state index in [9.17, 15) is 0 Å². The van der Waals surface area contributed by atoms with E-state index >= 15 is 0 Å². The van der Waals surface area contributed by atoms with E-state index in [1.807, 2.05) is 0 Å². The van der Waals surface area contributed by atoms with E-state index in [0.29, 0.717) is 0 Å². The zero-order valence-corrected chi connectivity index (χ0v) is 2.58. The van der Waals surface area contributed by atoms with Crippen molar-refractivity contribution in [1.29, 1.82) is 0 Å². The van der Waals surface area contributed by atoms with Crippen LogP contribution < -0.4 is 11.3 Å². The summed E-state index contributed by atoms with van der Waals surface area (Å²) in [5.74, 6) is 4.72. The molecule has 32 valence electrons. The van der Waals surface area contributed by atoms with E-state index in [4.69, 9.17) is 15.4 Å². The third kappa shape index (κ3) is 3.92. The number of hydrogen-bond acceptors (Lipinski definition) is 2. The maximum atomic E-state index is 7.11. The first-order valence-electron chi connectivity index (χ1n) is 4.54. The van der Waals surface area contributed by atoms with Gasteiger partial charge in [-0.3, -0.25) is 11.3 Å². The molecule has 0 radical (unpaired) electrons. The first kappa shape index (κ1) is 0.634. The van der Waals surface area contributed by atoms with E-state index in [1.54, 1.807) is 0 Å². The van der Waals surface area contributed by atoms with Gasteiger partial charge in [0.2, 0.25) is 0 Å². The van der Waals surface area contributed by atoms with Crippen LogP contribution in [0.15, 0.2) is 0 Å². The van der Waals surface area contributed by atoms with Gasteiger partial charge in [-0.1, -0.05) is 0 Å². The summed E-state index contributed by atoms with van der Waals surface area (Å²) >= 11 is 0. The van der Waals surface area contributed by atoms with Crippen LogP contribution in [0.3, 0.4) is 0 Å². The van der Waals surface area contributed by atoms with Crippen molar-refractivity contribution >= 4 is 0 Å². The molecule has 0 aromatic rings. The molecule has 0 aromatic carbocycles. The summed E-state index contributed by atoms with van der Waals surface area (Å²) in [6, 6.07) is -2.81. The molecule has 0 rings (SSSR count). The lowest BCUT2D eigenvalue weighted by atomic mass is 10.4. The van der Waals surface area contributed by atoms with Crippen LogP contribution in [0.4, 0.5) is 0 Å². The van der Waals surface area contributed by atoms with Crippen LogP contribution in [-0.4, -0.2) is 6.02 Å². The maximum absolute atomic E-state index is 7.11. The van der Waals surface area contributed by atoms with Crippen LogP contribution in [-0.2, 0) is 0 Å². The topological polar surface area (TPSA) is 38.0 Å². The lowest BCUT2D eigenvalue weighted by Crippen LogP contribution is -2.29. The Bertz CT molecular complexity index is 143. The highest BCUT2D eigenvalue weighted by atomic mass is 15.2. The Morgan fingerprint density at radius 2 is 2.80 bits per heavy atom. The van der Waals surface area contributed by atoms with Gasteiger partial charge in [0.1, 0.15) is 0 Å². The van der Waals surface area contributed by atoms with Gasteiger partial charge in [-0.2, -0.15) is 0 Å². The van der Waals surface area contributed by atoms with Crippen molar-refractivity contribution < 1.29 is 9.60 Å². The van der Waals surface area contributed by atoms with Crippen molar-refractivity contribution in [2.75, 3.05) is 0 Å². The Balaban J connectivity index is 4.95. The average Bonchev–Trinajstić information content (AvgIpc) is 1.81. The minimum Gasteiger partial charge on any atom is -0.271 e. The van der Waals surface area contributed by atoms with E-state index in [1.165, 1.54) is 5.43 Å². The van der Waals surface area contributed by atoms with Crippen LogP contribution in [0, 0.1) is 0 Å². The molecule has 0 unspecified atom stereocenters. The quantitative estimate of drug-likeness (QED) is 0.340. The highest BCUT2D eigenvalue weighted by molar-refractivity contribution is 4.38. The van der Waals surface area contributed by atoms with E-state index in [0.717, 1.165) is 0 Å². The van der Waals surface area contributed by atoms with Gasteiger partial charge in [-0.05, 0) is 13.7 Å². The van der Waals surface area contributed by atoms with Crippen molar-refractivity contribution in [2.24, 2.45) is 5.84 Å². The lowest BCUT2D eigenvalue weighted by Gasteiger charge is -1.95. The number of nitrogens with one attached hydrogen (secondary N) is 1. The zero-order chi connectivity index (χ0) is 10.2. The first-order valence-corrected chi connectivity index (χ1v) is 1.04. The second-order valence-corrected chi connectivity index (χ2v) is 0.519. The first-order chi connectivity index (χ1) is 5.06. The van der Waals surface area contributed by atoms with Crippen LogP contribution in [0.25, 0.3) is 0 Å². The molecule has 3 N–H and O–H groups in total. The fraction of sp³-hybridized carbons (Fsp3) is 1.00. The summed E-state index contributed by atoms with van der Waals surface area (Å²) in [5, 5.41) is 0. The molecule has 0 spiro atoms. The van der Waals surface area contributed by atoms with Crippen LogP contribution in [0.2, 0.25) is 0 Å². The molecule has 0 heterocycles. The molecule has 0 aliphatic heterocycles. The largest absolute Gasteiger partial charge is 0.271 e. The normalized spacial score (nSPS) is 37.4. The Labute approximate surface area is 42.2 Å². The molecule has 2 nitrogen and oxygen atoms in total. The van der Waals surface area contributed by atoms with Crippen molar-refractivity contribution in [2.45, 2.75) is 19.7 Å². The van der Waals surface area contributed by atoms with Crippen molar-refractivity contribution in [3.05, 3.63) is 0 Å². The van der Waals surface area contributed by atoms with Gasteiger partial charge in [-0.15, -0.1) is 0 Å². The van der Waals surface area contributed by atoms with Gasteiger partial charge in [0, 0.05) is 15.6 Å². The molecule has 0 fully saturated rings. The molecule has 2 heteroatoms. The van der Waals surface area contributed by atoms with Crippen LogP contribution >= 0.6 is 0 Å². The highest BCUT2D eigenvalue weighted by Crippen LogP contribution is 1.64. The second kappa shape index (κ2) is 2.18. The van der Waals surface area contributed by atoms with Crippen molar-refractivity contribution in [3.8, 4) is 0 Å². The number of rotatable bonds is 1. The minimum atomic E-state index is -2.99. The van der Waals surface area contributed by atoms with Crippen LogP contribution in [0.5, 0.6) is 0 Å². The van der Waals surface area contributed by atoms with Gasteiger partial charge < -0.3 is 0 Å². The fourth-order valence-electron chi connectivity index (χ4n) is 0. The van der Waals surface area contributed by atoms with E-state index in [2.05, 4.69) is 0 Å². The lowest BCUT2D eigenvalue weighted by molar-refractivity contribution is 0.617. The standard InChI is InChI=1S/C3H10N2/c1-3(2)5-4/h3,5H,4H2,1-2H3/i1D3,2D3,3D. The summed E-state index contributed by atoms with van der Waals surface area (Å²) in [5.41, 5.74) is 1.50. The molecule has 0 atom stereocenters. The molecule has 0 saturated carbocycles. The van der Waals surface area contributed by atoms with Crippen LogP contribution in [0.1, 0.15) is 23.3 Å². The number of hydrazine groups is 1. The zero-order valence-electron chi connectivity index (χ0n) is 9.58. The third-order valence-electron chi connectivity index (χ3n) is 0.144. The molecule has 5 heavy (non-hydrogen) atoms. The molecular weight excluding hydrogens is 64.0 g/mol. The minimum absolute atomic E-state index is 1.50. The predicted octanol–water partition coefficient (Wildman–Crippen LogP) is -0.142. The second-order valence-electron chi connectivity index (χ2n) is 0.519. The maximum Gasteiger partial charge on any atom is 0.0473 e. The molecule has 0 bridgehead atoms. The molecular formula is C3H10N2. The molecule has 0 saturated heterocycles. The monoisotopic (exact) mass is 81.1 g/mol. The van der Waals surface area contributed by atoms with Gasteiger partial charge in [0.05, 0.1) is 0 Å². The highest BCUT2D eigenvalue weighted by Gasteiger charge is 1.77. The Hall–Kier alpha value is -0.0800. The van der Waals surface area contributed by atoms with Gasteiger partial charge >= 0.3 is 0 Å². The van der Waals surface area contributed by atoms with Gasteiger partial charge in [-0.25, -0.2) is 0 Å². The van der Waals surface area contributed by atoms with E-state index < -0.39 is 19.7 Å².